The van der Waals surface area contributed by atoms with Crippen LogP contribution in [0.5, 0.6) is 0 Å². The van der Waals surface area contributed by atoms with E-state index in [2.05, 4.69) is 0 Å². The first-order chi connectivity index (χ1) is 6.88. The molecule has 0 saturated carbocycles. The first kappa shape index (κ1) is 13.4. The average molecular weight is 217 g/mol. The number of hydrogen-bond acceptors (Lipinski definition) is 4. The highest BCUT2D eigenvalue weighted by molar-refractivity contribution is 5.94. The zero-order chi connectivity index (χ0) is 12.0. The Labute approximate surface area is 87.2 Å². The minimum atomic E-state index is -1.01. The van der Waals surface area contributed by atoms with Crippen LogP contribution in [0, 0.1) is 0 Å². The summed E-state index contributed by atoms with van der Waals surface area (Å²) in [6, 6.07) is -1.69. The molecule has 1 atom stereocenters. The van der Waals surface area contributed by atoms with E-state index in [9.17, 15) is 14.4 Å². The molecule has 0 heterocycles. The monoisotopic (exact) mass is 217 g/mol. The van der Waals surface area contributed by atoms with Gasteiger partial charge in [-0.3, -0.25) is 19.8 Å². The number of amides is 3. The van der Waals surface area contributed by atoms with Crippen LogP contribution in [-0.2, 0) is 9.59 Å². The Bertz CT molecular complexity index is 267. The van der Waals surface area contributed by atoms with Gasteiger partial charge in [0.15, 0.2) is 0 Å². The minimum Gasteiger partial charge on any atom is -0.480 e. The molecule has 0 rings (SSSR count). The number of likely N-dealkylation sites (N-methyl/N-ethyl adjacent to an activating group) is 1. The van der Waals surface area contributed by atoms with Crippen LogP contribution < -0.4 is 11.1 Å². The zero-order valence-electron chi connectivity index (χ0n) is 8.69. The maximum absolute atomic E-state index is 11.1. The van der Waals surface area contributed by atoms with E-state index in [1.165, 1.54) is 11.9 Å². The third-order valence-corrected chi connectivity index (χ3v) is 1.86. The molecule has 7 heteroatoms. The van der Waals surface area contributed by atoms with E-state index in [-0.39, 0.29) is 6.54 Å². The van der Waals surface area contributed by atoms with Crippen LogP contribution in [0.15, 0.2) is 0 Å². The zero-order valence-corrected chi connectivity index (χ0v) is 8.69. The molecule has 0 bridgehead atoms. The largest absolute Gasteiger partial charge is 0.480 e. The van der Waals surface area contributed by atoms with Crippen molar-refractivity contribution in [2.75, 3.05) is 13.6 Å². The lowest BCUT2D eigenvalue weighted by molar-refractivity contribution is -0.143. The number of nitrogens with one attached hydrogen (secondary N) is 1. The summed E-state index contributed by atoms with van der Waals surface area (Å²) < 4.78 is 0. The Hall–Kier alpha value is -1.63. The number of aliphatic carboxylic acids is 1. The van der Waals surface area contributed by atoms with Crippen molar-refractivity contribution in [3.63, 3.8) is 0 Å². The van der Waals surface area contributed by atoms with Crippen molar-refractivity contribution in [2.24, 2.45) is 5.73 Å². The highest BCUT2D eigenvalue weighted by Gasteiger charge is 2.22. The predicted molar refractivity (Wildman–Crippen MR) is 52.1 cm³/mol. The fourth-order valence-corrected chi connectivity index (χ4v) is 1.19. The molecule has 4 N–H and O–H groups in total. The fraction of sp³-hybridized carbons (Fsp3) is 0.625. The van der Waals surface area contributed by atoms with Crippen molar-refractivity contribution >= 4 is 17.9 Å². The lowest BCUT2D eigenvalue weighted by Gasteiger charge is -2.22. The number of nitrogens with zero attached hydrogens (tertiary/aromatic N) is 1. The molecular weight excluding hydrogens is 202 g/mol. The van der Waals surface area contributed by atoms with E-state index in [1.54, 1.807) is 6.92 Å². The quantitative estimate of drug-likeness (QED) is 0.545. The van der Waals surface area contributed by atoms with Gasteiger partial charge in [0.25, 0.3) is 0 Å². The predicted octanol–water partition coefficient (Wildman–Crippen LogP) is -1.02. The fourth-order valence-electron chi connectivity index (χ4n) is 1.19. The lowest BCUT2D eigenvalue weighted by atomic mass is 10.2. The smallest absolute Gasteiger partial charge is 0.320 e. The topological polar surface area (TPSA) is 113 Å². The van der Waals surface area contributed by atoms with E-state index in [0.29, 0.717) is 6.42 Å². The number of hydrogen-bond donors (Lipinski definition) is 3. The van der Waals surface area contributed by atoms with Gasteiger partial charge in [-0.25, -0.2) is 4.79 Å². The Morgan fingerprint density at radius 2 is 2.00 bits per heavy atom. The molecule has 0 aromatic carbocycles. The summed E-state index contributed by atoms with van der Waals surface area (Å²) in [6.07, 6.45) is 0.371. The maximum atomic E-state index is 11.1. The van der Waals surface area contributed by atoms with Crippen molar-refractivity contribution in [1.82, 2.24) is 10.2 Å². The number of carbonyl (C=O) groups is 3. The first-order valence-electron chi connectivity index (χ1n) is 4.40. The summed E-state index contributed by atoms with van der Waals surface area (Å²) in [5.74, 6) is -1.63. The van der Waals surface area contributed by atoms with Crippen molar-refractivity contribution in [2.45, 2.75) is 19.4 Å². The molecule has 0 aromatic rings. The van der Waals surface area contributed by atoms with Crippen molar-refractivity contribution in [3.05, 3.63) is 0 Å². The number of carboxylic acid groups (broad SMARTS) is 1. The normalized spacial score (nSPS) is 12.2. The second-order valence-corrected chi connectivity index (χ2v) is 3.09. The molecule has 15 heavy (non-hydrogen) atoms. The second-order valence-electron chi connectivity index (χ2n) is 3.09. The number of carboxylic acids is 1. The number of carbonyl (C=O) groups excluding carboxylic acids is 2. The minimum absolute atomic E-state index is 0.187. The van der Waals surface area contributed by atoms with E-state index in [1.807, 2.05) is 5.32 Å². The van der Waals surface area contributed by atoms with Gasteiger partial charge in [0.2, 0.25) is 5.91 Å². The van der Waals surface area contributed by atoms with Gasteiger partial charge in [-0.05, 0) is 13.5 Å². The van der Waals surface area contributed by atoms with Crippen molar-refractivity contribution in [1.29, 1.82) is 0 Å². The van der Waals surface area contributed by atoms with Gasteiger partial charge in [-0.1, -0.05) is 6.92 Å². The molecule has 0 aliphatic rings. The molecule has 0 radical (unpaired) electrons. The summed E-state index contributed by atoms with van der Waals surface area (Å²) in [7, 11) is 1.49. The number of primary amides is 1. The SMILES string of the molecule is CCC(C(=O)O)N(C)CC(=O)NC(N)=O. The van der Waals surface area contributed by atoms with E-state index in [0.717, 1.165) is 0 Å². The second kappa shape index (κ2) is 5.97. The highest BCUT2D eigenvalue weighted by Crippen LogP contribution is 2.00. The number of nitrogens with two attached hydrogens (primary N) is 1. The molecule has 0 spiro atoms. The van der Waals surface area contributed by atoms with Crippen LogP contribution in [0.2, 0.25) is 0 Å². The average Bonchev–Trinajstić information content (AvgIpc) is 2.01. The van der Waals surface area contributed by atoms with Crippen LogP contribution in [0.1, 0.15) is 13.3 Å². The molecule has 7 nitrogen and oxygen atoms in total. The number of urea groups is 1. The molecule has 0 aromatic heterocycles. The Morgan fingerprint density at radius 1 is 1.47 bits per heavy atom. The lowest BCUT2D eigenvalue weighted by Crippen LogP contribution is -2.46. The Kier molecular flexibility index (Phi) is 5.32. The number of rotatable bonds is 5. The Morgan fingerprint density at radius 3 is 2.33 bits per heavy atom. The highest BCUT2D eigenvalue weighted by atomic mass is 16.4. The van der Waals surface area contributed by atoms with Crippen molar-refractivity contribution < 1.29 is 19.5 Å². The van der Waals surface area contributed by atoms with Crippen LogP contribution in [0.25, 0.3) is 0 Å². The molecule has 0 aliphatic heterocycles. The van der Waals surface area contributed by atoms with E-state index < -0.39 is 23.9 Å². The van der Waals surface area contributed by atoms with E-state index >= 15 is 0 Å². The molecular formula is C8H15N3O4. The molecule has 86 valence electrons. The third kappa shape index (κ3) is 4.96. The van der Waals surface area contributed by atoms with Gasteiger partial charge >= 0.3 is 12.0 Å². The van der Waals surface area contributed by atoms with Crippen LogP contribution in [0.3, 0.4) is 0 Å². The molecule has 0 fully saturated rings. The summed E-state index contributed by atoms with van der Waals surface area (Å²) in [4.78, 5) is 33.4. The van der Waals surface area contributed by atoms with Gasteiger partial charge in [-0.2, -0.15) is 0 Å². The van der Waals surface area contributed by atoms with Gasteiger partial charge in [-0.15, -0.1) is 0 Å². The van der Waals surface area contributed by atoms with E-state index in [4.69, 9.17) is 10.8 Å². The first-order valence-corrected chi connectivity index (χ1v) is 4.40. The van der Waals surface area contributed by atoms with Crippen LogP contribution >= 0.6 is 0 Å². The summed E-state index contributed by atoms with van der Waals surface area (Å²) >= 11 is 0. The summed E-state index contributed by atoms with van der Waals surface area (Å²) in [5, 5.41) is 10.6. The standard InChI is InChI=1S/C8H15N3O4/c1-3-5(7(13)14)11(2)4-6(12)10-8(9)15/h5H,3-4H2,1-2H3,(H,13,14)(H3,9,10,12,15). The molecule has 1 unspecified atom stereocenters. The molecule has 3 amide bonds. The Balaban J connectivity index is 4.21. The van der Waals surface area contributed by atoms with Gasteiger partial charge in [0.1, 0.15) is 6.04 Å². The molecule has 0 aliphatic carbocycles. The van der Waals surface area contributed by atoms with Crippen LogP contribution in [0.4, 0.5) is 4.79 Å². The maximum Gasteiger partial charge on any atom is 0.320 e. The summed E-state index contributed by atoms with van der Waals surface area (Å²) in [6.45, 7) is 1.51. The van der Waals surface area contributed by atoms with Crippen LogP contribution in [-0.4, -0.2) is 47.5 Å². The van der Waals surface area contributed by atoms with Gasteiger partial charge in [0.05, 0.1) is 6.54 Å². The third-order valence-electron chi connectivity index (χ3n) is 1.86. The van der Waals surface area contributed by atoms with Crippen molar-refractivity contribution in [3.8, 4) is 0 Å². The molecule has 0 saturated heterocycles. The van der Waals surface area contributed by atoms with Gasteiger partial charge < -0.3 is 10.8 Å². The van der Waals surface area contributed by atoms with Gasteiger partial charge in [0, 0.05) is 0 Å². The number of imide groups is 1. The summed E-state index contributed by atoms with van der Waals surface area (Å²) in [5.41, 5.74) is 4.73.